The molecular weight excluding hydrogens is 374 g/mol. The second kappa shape index (κ2) is 7.73. The molecule has 7 nitrogen and oxygen atoms in total. The number of carbonyl (C=O) groups is 3. The fourth-order valence-electron chi connectivity index (χ4n) is 3.02. The molecule has 2 aliphatic rings. The van der Waals surface area contributed by atoms with Gasteiger partial charge in [-0.3, -0.25) is 14.5 Å². The summed E-state index contributed by atoms with van der Waals surface area (Å²) >= 11 is 2.97. The summed E-state index contributed by atoms with van der Waals surface area (Å²) < 4.78 is 0. The van der Waals surface area contributed by atoms with Gasteiger partial charge in [0.25, 0.3) is 5.91 Å². The molecule has 9 heteroatoms. The van der Waals surface area contributed by atoms with Crippen molar-refractivity contribution in [2.45, 2.75) is 17.5 Å². The first kappa shape index (κ1) is 18.8. The summed E-state index contributed by atoms with van der Waals surface area (Å²) in [6, 6.07) is 7.25. The minimum absolute atomic E-state index is 0.0472. The molecule has 1 fully saturated rings. The Hall–Kier alpha value is -1.97. The van der Waals surface area contributed by atoms with Gasteiger partial charge in [0.1, 0.15) is 23.2 Å². The molecule has 0 aliphatic carbocycles. The van der Waals surface area contributed by atoms with Gasteiger partial charge in [0, 0.05) is 11.5 Å². The van der Waals surface area contributed by atoms with E-state index in [2.05, 4.69) is 5.32 Å². The third-order valence-electron chi connectivity index (χ3n) is 4.31. The van der Waals surface area contributed by atoms with Crippen molar-refractivity contribution in [2.24, 2.45) is 5.73 Å². The van der Waals surface area contributed by atoms with Crippen molar-refractivity contribution in [1.82, 2.24) is 10.2 Å². The third-order valence-corrected chi connectivity index (χ3v) is 6.28. The lowest BCUT2D eigenvalue weighted by atomic mass is 10.0. The van der Waals surface area contributed by atoms with Gasteiger partial charge in [0.2, 0.25) is 5.91 Å². The molecule has 2 heterocycles. The number of nitrogens with one attached hydrogen (secondary N) is 1. The lowest BCUT2D eigenvalue weighted by Gasteiger charge is -2.49. The van der Waals surface area contributed by atoms with Gasteiger partial charge in [0.15, 0.2) is 0 Å². The molecule has 3 atom stereocenters. The Morgan fingerprint density at radius 3 is 2.73 bits per heavy atom. The largest absolute Gasteiger partial charge is 0.477 e. The summed E-state index contributed by atoms with van der Waals surface area (Å²) in [5.41, 5.74) is 7.39. The summed E-state index contributed by atoms with van der Waals surface area (Å²) in [5.74, 6) is -0.898. The van der Waals surface area contributed by atoms with Crippen molar-refractivity contribution in [2.75, 3.05) is 17.8 Å². The number of β-lactam (4-membered cyclic amide) rings is 1. The number of amides is 2. The minimum atomic E-state index is -1.11. The molecule has 1 unspecified atom stereocenters. The van der Waals surface area contributed by atoms with Crippen LogP contribution in [-0.2, 0) is 14.4 Å². The Kier molecular flexibility index (Phi) is 5.59. The molecule has 26 heavy (non-hydrogen) atoms. The van der Waals surface area contributed by atoms with Crippen LogP contribution in [0.25, 0.3) is 0 Å². The zero-order valence-electron chi connectivity index (χ0n) is 14.0. The molecule has 0 aromatic heterocycles. The quantitative estimate of drug-likeness (QED) is 0.613. The number of carbonyl (C=O) groups excluding carboxylic acids is 2. The smallest absolute Gasteiger partial charge is 0.352 e. The SMILES string of the molecule is CSCC1=C(C(=O)O)N2C(=O)[C@@H](NC(=O)C(N)c3ccccc3)[C@H]2SC1. The number of benzene rings is 1. The van der Waals surface area contributed by atoms with Crippen LogP contribution in [0.4, 0.5) is 0 Å². The summed E-state index contributed by atoms with van der Waals surface area (Å²) in [4.78, 5) is 37.8. The summed E-state index contributed by atoms with van der Waals surface area (Å²) in [7, 11) is 0. The van der Waals surface area contributed by atoms with Gasteiger partial charge >= 0.3 is 5.97 Å². The van der Waals surface area contributed by atoms with Crippen LogP contribution < -0.4 is 11.1 Å². The molecule has 3 rings (SSSR count). The van der Waals surface area contributed by atoms with Gasteiger partial charge in [-0.05, 0) is 17.4 Å². The zero-order chi connectivity index (χ0) is 18.8. The zero-order valence-corrected chi connectivity index (χ0v) is 15.7. The van der Waals surface area contributed by atoms with Crippen LogP contribution in [0.3, 0.4) is 0 Å². The summed E-state index contributed by atoms with van der Waals surface area (Å²) in [6.45, 7) is 0. The van der Waals surface area contributed by atoms with E-state index in [0.29, 0.717) is 17.1 Å². The Morgan fingerprint density at radius 2 is 2.12 bits per heavy atom. The number of carboxylic acids is 1. The number of aliphatic carboxylic acids is 1. The molecule has 0 saturated carbocycles. The molecule has 0 spiro atoms. The predicted octanol–water partition coefficient (Wildman–Crippen LogP) is 0.788. The number of rotatable bonds is 6. The Morgan fingerprint density at radius 1 is 1.42 bits per heavy atom. The maximum absolute atomic E-state index is 12.5. The van der Waals surface area contributed by atoms with Gasteiger partial charge in [-0.25, -0.2) is 4.79 Å². The van der Waals surface area contributed by atoms with E-state index in [1.807, 2.05) is 12.3 Å². The lowest BCUT2D eigenvalue weighted by molar-refractivity contribution is -0.150. The van der Waals surface area contributed by atoms with Gasteiger partial charge in [-0.1, -0.05) is 30.3 Å². The van der Waals surface area contributed by atoms with Crippen LogP contribution in [0.1, 0.15) is 11.6 Å². The highest BCUT2D eigenvalue weighted by molar-refractivity contribution is 8.00. The topological polar surface area (TPSA) is 113 Å². The van der Waals surface area contributed by atoms with Gasteiger partial charge in [0.05, 0.1) is 0 Å². The van der Waals surface area contributed by atoms with Crippen molar-refractivity contribution >= 4 is 41.3 Å². The fourth-order valence-corrected chi connectivity index (χ4v) is 5.09. The minimum Gasteiger partial charge on any atom is -0.477 e. The normalized spacial score (nSPS) is 23.2. The molecule has 0 radical (unpaired) electrons. The standard InChI is InChI=1S/C17H19N3O4S2/c1-25-7-10-8-26-16-12(15(22)20(16)13(10)17(23)24)19-14(21)11(18)9-5-3-2-4-6-9/h2-6,11-12,16H,7-8,18H2,1H3,(H,19,21)(H,23,24)/t11?,12-,16-/m1/s1. The first-order valence-electron chi connectivity index (χ1n) is 7.95. The van der Waals surface area contributed by atoms with Crippen molar-refractivity contribution < 1.29 is 19.5 Å². The Balaban J connectivity index is 1.73. The van der Waals surface area contributed by atoms with Crippen LogP contribution in [0.5, 0.6) is 0 Å². The maximum Gasteiger partial charge on any atom is 0.352 e. The fraction of sp³-hybridized carbons (Fsp3) is 0.353. The summed E-state index contributed by atoms with van der Waals surface area (Å²) in [6.07, 6.45) is 1.88. The van der Waals surface area contributed by atoms with Gasteiger partial charge in [-0.15, -0.1) is 11.8 Å². The summed E-state index contributed by atoms with van der Waals surface area (Å²) in [5, 5.41) is 11.8. The molecule has 4 N–H and O–H groups in total. The molecule has 2 aliphatic heterocycles. The van der Waals surface area contributed by atoms with Crippen LogP contribution in [0.15, 0.2) is 41.6 Å². The van der Waals surface area contributed by atoms with Crippen LogP contribution in [0.2, 0.25) is 0 Å². The first-order valence-corrected chi connectivity index (χ1v) is 10.4. The van der Waals surface area contributed by atoms with Crippen molar-refractivity contribution in [3.05, 3.63) is 47.2 Å². The highest BCUT2D eigenvalue weighted by Gasteiger charge is 2.54. The Labute approximate surface area is 159 Å². The van der Waals surface area contributed by atoms with E-state index in [9.17, 15) is 19.5 Å². The van der Waals surface area contributed by atoms with E-state index in [0.717, 1.165) is 5.57 Å². The molecule has 0 bridgehead atoms. The Bertz CT molecular complexity index is 769. The van der Waals surface area contributed by atoms with Crippen molar-refractivity contribution in [3.63, 3.8) is 0 Å². The molecule has 1 saturated heterocycles. The molecule has 1 aromatic carbocycles. The van der Waals surface area contributed by atoms with Gasteiger partial charge in [-0.2, -0.15) is 11.8 Å². The van der Waals surface area contributed by atoms with Crippen LogP contribution >= 0.6 is 23.5 Å². The van der Waals surface area contributed by atoms with E-state index in [-0.39, 0.29) is 5.70 Å². The number of thioether (sulfide) groups is 2. The average Bonchev–Trinajstić information content (AvgIpc) is 2.65. The second-order valence-electron chi connectivity index (χ2n) is 5.97. The maximum atomic E-state index is 12.5. The average molecular weight is 393 g/mol. The van der Waals surface area contributed by atoms with Gasteiger partial charge < -0.3 is 16.2 Å². The van der Waals surface area contributed by atoms with Crippen LogP contribution in [0, 0.1) is 0 Å². The van der Waals surface area contributed by atoms with E-state index < -0.39 is 35.2 Å². The number of carboxylic acid groups (broad SMARTS) is 1. The van der Waals surface area contributed by atoms with Crippen molar-refractivity contribution in [3.8, 4) is 0 Å². The lowest BCUT2D eigenvalue weighted by Crippen LogP contribution is -2.71. The van der Waals surface area contributed by atoms with Crippen LogP contribution in [-0.4, -0.2) is 57.0 Å². The molecule has 1 aromatic rings. The van der Waals surface area contributed by atoms with E-state index in [1.54, 1.807) is 24.3 Å². The molecule has 138 valence electrons. The first-order chi connectivity index (χ1) is 12.5. The molecular formula is C17H19N3O4S2. The molecule has 2 amide bonds. The number of hydrogen-bond donors (Lipinski definition) is 3. The highest BCUT2D eigenvalue weighted by Crippen LogP contribution is 2.41. The monoisotopic (exact) mass is 393 g/mol. The number of nitrogens with two attached hydrogens (primary N) is 1. The number of nitrogens with zero attached hydrogens (tertiary/aromatic N) is 1. The number of fused-ring (bicyclic) bond motifs is 1. The number of hydrogen-bond acceptors (Lipinski definition) is 6. The third kappa shape index (κ3) is 3.34. The predicted molar refractivity (Wildman–Crippen MR) is 101 cm³/mol. The van der Waals surface area contributed by atoms with E-state index in [1.165, 1.54) is 28.4 Å². The van der Waals surface area contributed by atoms with Crippen molar-refractivity contribution in [1.29, 1.82) is 0 Å². The van der Waals surface area contributed by atoms with E-state index in [4.69, 9.17) is 5.73 Å². The highest BCUT2D eigenvalue weighted by atomic mass is 32.2. The van der Waals surface area contributed by atoms with E-state index >= 15 is 0 Å². The second-order valence-corrected chi connectivity index (χ2v) is 7.95.